The first kappa shape index (κ1) is 19.7. The van der Waals surface area contributed by atoms with Crippen LogP contribution in [0.1, 0.15) is 10.5 Å². The lowest BCUT2D eigenvalue weighted by Crippen LogP contribution is -2.49. The highest BCUT2D eigenvalue weighted by molar-refractivity contribution is 5.93. The van der Waals surface area contributed by atoms with Crippen LogP contribution in [0.15, 0.2) is 55.4 Å². The summed E-state index contributed by atoms with van der Waals surface area (Å²) in [5.41, 5.74) is 1.96. The molecule has 11 nitrogen and oxygen atoms in total. The highest BCUT2D eigenvalue weighted by Crippen LogP contribution is 2.28. The smallest absolute Gasteiger partial charge is 0.272 e. The lowest BCUT2D eigenvalue weighted by atomic mass is 10.1. The van der Waals surface area contributed by atoms with Gasteiger partial charge in [0.15, 0.2) is 5.82 Å². The third kappa shape index (κ3) is 3.75. The Bertz CT molecular complexity index is 1210. The summed E-state index contributed by atoms with van der Waals surface area (Å²) in [4.78, 5) is 29.5. The first-order valence-electron chi connectivity index (χ1n) is 10.1. The molecule has 3 aromatic heterocycles. The summed E-state index contributed by atoms with van der Waals surface area (Å²) < 4.78 is 6.98. The number of para-hydroxylation sites is 1. The second-order valence-electron chi connectivity index (χ2n) is 7.22. The van der Waals surface area contributed by atoms with E-state index in [2.05, 4.69) is 35.1 Å². The first-order valence-corrected chi connectivity index (χ1v) is 10.1. The fourth-order valence-corrected chi connectivity index (χ4v) is 3.70. The Morgan fingerprint density at radius 3 is 2.62 bits per heavy atom. The van der Waals surface area contributed by atoms with Gasteiger partial charge in [0.25, 0.3) is 5.91 Å². The van der Waals surface area contributed by atoms with Crippen molar-refractivity contribution in [2.45, 2.75) is 0 Å². The Hall–Kier alpha value is -4.28. The van der Waals surface area contributed by atoms with E-state index >= 15 is 0 Å². The van der Waals surface area contributed by atoms with Crippen molar-refractivity contribution in [2.75, 3.05) is 38.2 Å². The van der Waals surface area contributed by atoms with Crippen molar-refractivity contribution in [3.8, 4) is 22.8 Å². The monoisotopic (exact) mass is 431 g/mol. The maximum Gasteiger partial charge on any atom is 0.272 e. The van der Waals surface area contributed by atoms with Crippen molar-refractivity contribution >= 4 is 11.7 Å². The van der Waals surface area contributed by atoms with Gasteiger partial charge in [0.2, 0.25) is 0 Å². The van der Waals surface area contributed by atoms with Gasteiger partial charge in [-0.05, 0) is 18.2 Å². The molecule has 1 fully saturated rings. The van der Waals surface area contributed by atoms with E-state index in [1.807, 2.05) is 35.2 Å². The number of nitrogens with zero attached hydrogens (tertiary/aromatic N) is 8. The van der Waals surface area contributed by atoms with Crippen molar-refractivity contribution < 1.29 is 9.53 Å². The number of carbonyl (C=O) groups excluding carboxylic acids is 1. The van der Waals surface area contributed by atoms with Crippen LogP contribution in [0.2, 0.25) is 0 Å². The van der Waals surface area contributed by atoms with E-state index in [1.165, 1.54) is 12.7 Å². The van der Waals surface area contributed by atoms with Gasteiger partial charge in [-0.15, -0.1) is 0 Å². The number of methoxy groups -OCH3 is 1. The second kappa shape index (κ2) is 8.46. The van der Waals surface area contributed by atoms with Gasteiger partial charge < -0.3 is 14.5 Å². The van der Waals surface area contributed by atoms with Crippen LogP contribution < -0.4 is 9.64 Å². The SMILES string of the molecule is COc1ccccc1-c1cc(C(=O)N2CCN(c3cc(-n4cncn4)ncn3)CC2)[nH]n1. The van der Waals surface area contributed by atoms with Crippen molar-refractivity contribution in [1.82, 2.24) is 39.8 Å². The van der Waals surface area contributed by atoms with Crippen LogP contribution in [0.25, 0.3) is 17.1 Å². The summed E-state index contributed by atoms with van der Waals surface area (Å²) in [6.45, 7) is 2.47. The van der Waals surface area contributed by atoms with Gasteiger partial charge in [0, 0.05) is 37.8 Å². The zero-order valence-corrected chi connectivity index (χ0v) is 17.4. The Labute approximate surface area is 183 Å². The lowest BCUT2D eigenvalue weighted by molar-refractivity contribution is 0.0740. The molecule has 0 saturated carbocycles. The van der Waals surface area contributed by atoms with Crippen LogP contribution in [-0.2, 0) is 0 Å². The number of aromatic amines is 1. The number of anilines is 1. The Kier molecular flexibility index (Phi) is 5.20. The van der Waals surface area contributed by atoms with E-state index in [4.69, 9.17) is 4.74 Å². The number of ether oxygens (including phenoxy) is 1. The highest BCUT2D eigenvalue weighted by Gasteiger charge is 2.25. The minimum atomic E-state index is -0.0794. The predicted octanol–water partition coefficient (Wildman–Crippen LogP) is 1.42. The zero-order chi connectivity index (χ0) is 21.9. The van der Waals surface area contributed by atoms with E-state index < -0.39 is 0 Å². The molecule has 4 aromatic rings. The average Bonchev–Trinajstić information content (AvgIpc) is 3.57. The first-order chi connectivity index (χ1) is 15.7. The molecule has 0 aliphatic carbocycles. The molecule has 1 aliphatic rings. The zero-order valence-electron chi connectivity index (χ0n) is 17.4. The topological polar surface area (TPSA) is 118 Å². The molecule has 1 saturated heterocycles. The molecule has 0 bridgehead atoms. The number of rotatable bonds is 5. The summed E-state index contributed by atoms with van der Waals surface area (Å²) in [5.74, 6) is 2.07. The van der Waals surface area contributed by atoms with E-state index in [-0.39, 0.29) is 5.91 Å². The predicted molar refractivity (Wildman–Crippen MR) is 116 cm³/mol. The average molecular weight is 431 g/mol. The van der Waals surface area contributed by atoms with Crippen molar-refractivity contribution in [3.63, 3.8) is 0 Å². The van der Waals surface area contributed by atoms with Crippen LogP contribution >= 0.6 is 0 Å². The molecule has 162 valence electrons. The highest BCUT2D eigenvalue weighted by atomic mass is 16.5. The molecule has 0 atom stereocenters. The number of aromatic nitrogens is 7. The molecule has 11 heteroatoms. The number of amides is 1. The molecule has 1 amide bonds. The lowest BCUT2D eigenvalue weighted by Gasteiger charge is -2.35. The molecule has 4 heterocycles. The summed E-state index contributed by atoms with van der Waals surface area (Å²) in [6.07, 6.45) is 4.56. The summed E-state index contributed by atoms with van der Waals surface area (Å²) >= 11 is 0. The fraction of sp³-hybridized carbons (Fsp3) is 0.238. The van der Waals surface area contributed by atoms with Gasteiger partial charge in [-0.25, -0.2) is 19.6 Å². The summed E-state index contributed by atoms with van der Waals surface area (Å²) in [7, 11) is 1.61. The van der Waals surface area contributed by atoms with Crippen LogP contribution in [0.4, 0.5) is 5.82 Å². The number of nitrogens with one attached hydrogen (secondary N) is 1. The maximum absolute atomic E-state index is 13.0. The van der Waals surface area contributed by atoms with Gasteiger partial charge >= 0.3 is 0 Å². The molecule has 1 aliphatic heterocycles. The van der Waals surface area contributed by atoms with Crippen molar-refractivity contribution in [1.29, 1.82) is 0 Å². The van der Waals surface area contributed by atoms with Crippen LogP contribution in [0, 0.1) is 0 Å². The minimum absolute atomic E-state index is 0.0794. The van der Waals surface area contributed by atoms with Gasteiger partial charge in [-0.2, -0.15) is 10.2 Å². The molecule has 1 N–H and O–H groups in total. The second-order valence-corrected chi connectivity index (χ2v) is 7.22. The number of carbonyl (C=O) groups is 1. The summed E-state index contributed by atoms with van der Waals surface area (Å²) in [6, 6.07) is 11.2. The standard InChI is InChI=1S/C21H21N9O2/c1-32-18-5-3-2-4-15(18)16-10-17(27-26-16)21(31)29-8-6-28(7-9-29)19-11-20(24-13-23-19)30-14-22-12-25-30/h2-5,10-14H,6-9H2,1H3,(H,26,27). The molecule has 0 unspecified atom stereocenters. The Balaban J connectivity index is 1.26. The van der Waals surface area contributed by atoms with Crippen LogP contribution in [0.5, 0.6) is 5.75 Å². The minimum Gasteiger partial charge on any atom is -0.496 e. The van der Waals surface area contributed by atoms with Crippen LogP contribution in [-0.4, -0.2) is 79.0 Å². The summed E-state index contributed by atoms with van der Waals surface area (Å²) in [5, 5.41) is 11.3. The van der Waals surface area contributed by atoms with E-state index in [9.17, 15) is 4.79 Å². The van der Waals surface area contributed by atoms with E-state index in [0.29, 0.717) is 49.1 Å². The van der Waals surface area contributed by atoms with E-state index in [1.54, 1.807) is 24.2 Å². The third-order valence-corrected chi connectivity index (χ3v) is 5.37. The number of benzene rings is 1. The van der Waals surface area contributed by atoms with Gasteiger partial charge in [-0.3, -0.25) is 9.89 Å². The normalized spacial score (nSPS) is 13.9. The number of piperazine rings is 1. The molecular weight excluding hydrogens is 410 g/mol. The largest absolute Gasteiger partial charge is 0.496 e. The third-order valence-electron chi connectivity index (χ3n) is 5.37. The molecule has 0 radical (unpaired) electrons. The number of H-pyrrole nitrogens is 1. The van der Waals surface area contributed by atoms with Gasteiger partial charge in [0.1, 0.15) is 36.2 Å². The van der Waals surface area contributed by atoms with E-state index in [0.717, 1.165) is 11.4 Å². The van der Waals surface area contributed by atoms with Crippen LogP contribution in [0.3, 0.4) is 0 Å². The fourth-order valence-electron chi connectivity index (χ4n) is 3.70. The van der Waals surface area contributed by atoms with Crippen molar-refractivity contribution in [2.24, 2.45) is 0 Å². The molecule has 5 rings (SSSR count). The number of hydrogen-bond donors (Lipinski definition) is 1. The maximum atomic E-state index is 13.0. The molecule has 32 heavy (non-hydrogen) atoms. The molecule has 0 spiro atoms. The Morgan fingerprint density at radius 1 is 1.03 bits per heavy atom. The van der Waals surface area contributed by atoms with Crippen molar-refractivity contribution in [3.05, 3.63) is 61.1 Å². The molecular formula is C21H21N9O2. The van der Waals surface area contributed by atoms with Gasteiger partial charge in [0.05, 0.1) is 12.8 Å². The quantitative estimate of drug-likeness (QED) is 0.504. The van der Waals surface area contributed by atoms with Gasteiger partial charge in [-0.1, -0.05) is 12.1 Å². The number of hydrogen-bond acceptors (Lipinski definition) is 8. The Morgan fingerprint density at radius 2 is 1.84 bits per heavy atom. The molecule has 1 aromatic carbocycles.